The van der Waals surface area contributed by atoms with Gasteiger partial charge in [0.05, 0.1) is 24.4 Å². The second-order valence-corrected chi connectivity index (χ2v) is 1.23. The lowest BCUT2D eigenvalue weighted by Gasteiger charge is -1.80. The molecule has 3 heteroatoms. The molecule has 0 aromatic rings. The van der Waals surface area contributed by atoms with Crippen molar-refractivity contribution in [2.45, 2.75) is 0 Å². The second-order valence-electron chi connectivity index (χ2n) is 1.23. The van der Waals surface area contributed by atoms with E-state index in [0.717, 1.165) is 0 Å². The molecular weight excluding hydrogens is 90.1 g/mol. The molecule has 0 aromatic heterocycles. The zero-order valence-electron chi connectivity index (χ0n) is 3.68. The average Bonchev–Trinajstić information content (AvgIpc) is 2.14. The fraction of sp³-hybridized carbons (Fsp3) is 0.250. The molecule has 7 heavy (non-hydrogen) atoms. The van der Waals surface area contributed by atoms with Crippen LogP contribution in [-0.2, 0) is 0 Å². The molecular formula is C4H4N3. The zero-order chi connectivity index (χ0) is 5.11. The summed E-state index contributed by atoms with van der Waals surface area (Å²) in [4.78, 5) is 0. The largest absolute Gasteiger partial charge is 0.209 e. The highest BCUT2D eigenvalue weighted by Gasteiger charge is 1.99. The minimum atomic E-state index is 0.594. The van der Waals surface area contributed by atoms with Crippen LogP contribution < -0.4 is 10.9 Å². The number of nitriles is 1. The van der Waals surface area contributed by atoms with Gasteiger partial charge in [-0.3, -0.25) is 0 Å². The Morgan fingerprint density at radius 3 is 3.14 bits per heavy atom. The summed E-state index contributed by atoms with van der Waals surface area (Å²) in [5.74, 6) is 0. The van der Waals surface area contributed by atoms with Crippen LogP contribution in [0.3, 0.4) is 0 Å². The third-order valence-electron chi connectivity index (χ3n) is 0.725. The van der Waals surface area contributed by atoms with Gasteiger partial charge in [-0.2, -0.15) is 5.26 Å². The first-order valence-electron chi connectivity index (χ1n) is 1.95. The van der Waals surface area contributed by atoms with Crippen LogP contribution in [0.4, 0.5) is 0 Å². The van der Waals surface area contributed by atoms with Crippen LogP contribution in [0.1, 0.15) is 0 Å². The molecule has 1 heterocycles. The molecule has 1 aliphatic rings. The first kappa shape index (κ1) is 4.16. The average molecular weight is 94.1 g/mol. The molecule has 1 N–H and O–H groups in total. The maximum Gasteiger partial charge on any atom is 0.0978 e. The van der Waals surface area contributed by atoms with E-state index in [2.05, 4.69) is 10.9 Å². The molecule has 1 aliphatic heterocycles. The van der Waals surface area contributed by atoms with Gasteiger partial charge in [0.15, 0.2) is 0 Å². The monoisotopic (exact) mass is 94.0 g/mol. The highest BCUT2D eigenvalue weighted by molar-refractivity contribution is 5.23. The third-order valence-corrected chi connectivity index (χ3v) is 0.725. The number of hydrogen-bond donors (Lipinski definition) is 1. The predicted molar refractivity (Wildman–Crippen MR) is 23.8 cm³/mol. The van der Waals surface area contributed by atoms with Crippen molar-refractivity contribution in [1.29, 1.82) is 5.26 Å². The van der Waals surface area contributed by atoms with Crippen LogP contribution in [-0.4, -0.2) is 6.54 Å². The van der Waals surface area contributed by atoms with Crippen molar-refractivity contribution in [1.82, 2.24) is 10.9 Å². The van der Waals surface area contributed by atoms with Gasteiger partial charge in [0.25, 0.3) is 0 Å². The van der Waals surface area contributed by atoms with Gasteiger partial charge in [-0.05, 0) is 0 Å². The molecule has 0 saturated heterocycles. The molecule has 0 aromatic carbocycles. The number of nitrogens with zero attached hydrogens (tertiary/aromatic N) is 2. The minimum Gasteiger partial charge on any atom is -0.209 e. The van der Waals surface area contributed by atoms with E-state index in [-0.39, 0.29) is 0 Å². The molecule has 1 rings (SSSR count). The Hall–Kier alpha value is -1.01. The Bertz CT molecular complexity index is 130. The Morgan fingerprint density at radius 2 is 2.86 bits per heavy atom. The fourth-order valence-corrected chi connectivity index (χ4v) is 0.368. The molecule has 3 nitrogen and oxygen atoms in total. The van der Waals surface area contributed by atoms with E-state index in [1.165, 1.54) is 6.20 Å². The van der Waals surface area contributed by atoms with Crippen molar-refractivity contribution < 1.29 is 0 Å². The van der Waals surface area contributed by atoms with E-state index in [1.54, 1.807) is 0 Å². The Kier molecular flexibility index (Phi) is 0.966. The van der Waals surface area contributed by atoms with E-state index in [4.69, 9.17) is 5.26 Å². The lowest BCUT2D eigenvalue weighted by Crippen LogP contribution is -2.13. The molecule has 0 atom stereocenters. The SMILES string of the molecule is N#CC1=C[N]NC1. The van der Waals surface area contributed by atoms with Crippen LogP contribution in [0.15, 0.2) is 11.8 Å². The maximum atomic E-state index is 8.15. The molecule has 0 saturated carbocycles. The highest BCUT2D eigenvalue weighted by atomic mass is 15.4. The van der Waals surface area contributed by atoms with Crippen LogP contribution in [0, 0.1) is 11.3 Å². The van der Waals surface area contributed by atoms with Crippen molar-refractivity contribution >= 4 is 0 Å². The molecule has 0 amide bonds. The van der Waals surface area contributed by atoms with E-state index in [0.29, 0.717) is 12.1 Å². The van der Waals surface area contributed by atoms with Crippen LogP contribution in [0.25, 0.3) is 0 Å². The Labute approximate surface area is 41.6 Å². The van der Waals surface area contributed by atoms with E-state index < -0.39 is 0 Å². The zero-order valence-corrected chi connectivity index (χ0v) is 3.68. The summed E-state index contributed by atoms with van der Waals surface area (Å²) in [7, 11) is 0. The topological polar surface area (TPSA) is 49.9 Å². The van der Waals surface area contributed by atoms with Gasteiger partial charge in [-0.15, -0.1) is 0 Å². The van der Waals surface area contributed by atoms with Crippen LogP contribution in [0.5, 0.6) is 0 Å². The standard InChI is InChI=1S/C4H4N3/c5-1-4-2-6-7-3-4/h2,7H,3H2. The lowest BCUT2D eigenvalue weighted by molar-refractivity contribution is 0.710. The van der Waals surface area contributed by atoms with Crippen molar-refractivity contribution in [3.05, 3.63) is 11.8 Å². The molecule has 0 fully saturated rings. The summed E-state index contributed by atoms with van der Waals surface area (Å²) in [5.41, 5.74) is 6.93. The van der Waals surface area contributed by atoms with Crippen molar-refractivity contribution in [3.63, 3.8) is 0 Å². The minimum absolute atomic E-state index is 0.594. The van der Waals surface area contributed by atoms with Gasteiger partial charge in [-0.25, -0.2) is 10.9 Å². The van der Waals surface area contributed by atoms with Crippen molar-refractivity contribution in [3.8, 4) is 6.07 Å². The van der Waals surface area contributed by atoms with Crippen molar-refractivity contribution in [2.75, 3.05) is 6.54 Å². The van der Waals surface area contributed by atoms with Crippen LogP contribution in [0.2, 0.25) is 0 Å². The predicted octanol–water partition coefficient (Wildman–Crippen LogP) is -0.484. The van der Waals surface area contributed by atoms with Gasteiger partial charge in [0, 0.05) is 0 Å². The van der Waals surface area contributed by atoms with Gasteiger partial charge in [-0.1, -0.05) is 0 Å². The van der Waals surface area contributed by atoms with E-state index in [9.17, 15) is 0 Å². The fourth-order valence-electron chi connectivity index (χ4n) is 0.368. The summed E-state index contributed by atoms with van der Waals surface area (Å²) >= 11 is 0. The lowest BCUT2D eigenvalue weighted by atomic mass is 10.3. The first-order chi connectivity index (χ1) is 3.43. The van der Waals surface area contributed by atoms with Gasteiger partial charge >= 0.3 is 0 Å². The highest BCUT2D eigenvalue weighted by Crippen LogP contribution is 1.90. The number of hydrogen-bond acceptors (Lipinski definition) is 2. The normalized spacial score (nSPS) is 17.3. The summed E-state index contributed by atoms with van der Waals surface area (Å²) in [6.45, 7) is 0.594. The Balaban J connectivity index is 2.57. The first-order valence-corrected chi connectivity index (χ1v) is 1.95. The van der Waals surface area contributed by atoms with Gasteiger partial charge in [0.1, 0.15) is 0 Å². The summed E-state index contributed by atoms with van der Waals surface area (Å²) in [6, 6.07) is 1.97. The van der Waals surface area contributed by atoms with E-state index in [1.807, 2.05) is 6.07 Å². The Morgan fingerprint density at radius 1 is 2.00 bits per heavy atom. The maximum absolute atomic E-state index is 8.15. The molecule has 35 valence electrons. The molecule has 0 aliphatic carbocycles. The molecule has 0 bridgehead atoms. The molecule has 1 radical (unpaired) electrons. The smallest absolute Gasteiger partial charge is 0.0978 e. The van der Waals surface area contributed by atoms with Crippen LogP contribution >= 0.6 is 0 Å². The quantitative estimate of drug-likeness (QED) is 0.440. The molecule has 0 spiro atoms. The van der Waals surface area contributed by atoms with Gasteiger partial charge < -0.3 is 0 Å². The van der Waals surface area contributed by atoms with Crippen molar-refractivity contribution in [2.24, 2.45) is 0 Å². The molecule has 0 unspecified atom stereocenters. The van der Waals surface area contributed by atoms with E-state index >= 15 is 0 Å². The third kappa shape index (κ3) is 0.699. The van der Waals surface area contributed by atoms with Gasteiger partial charge in [0.2, 0.25) is 0 Å². The summed E-state index contributed by atoms with van der Waals surface area (Å²) in [6.07, 6.45) is 1.53. The number of nitrogens with one attached hydrogen (secondary N) is 1. The number of rotatable bonds is 0. The summed E-state index contributed by atoms with van der Waals surface area (Å²) in [5, 5.41) is 8.15. The second kappa shape index (κ2) is 1.63. The summed E-state index contributed by atoms with van der Waals surface area (Å²) < 4.78 is 0.